The zero-order chi connectivity index (χ0) is 18.4. The molecule has 0 saturated carbocycles. The molecule has 0 unspecified atom stereocenters. The Hall–Kier alpha value is -2.07. The van der Waals surface area contributed by atoms with Crippen LogP contribution in [0.2, 0.25) is 5.02 Å². The number of nitriles is 1. The van der Waals surface area contributed by atoms with Crippen molar-refractivity contribution in [1.29, 1.82) is 5.26 Å². The van der Waals surface area contributed by atoms with Crippen LogP contribution in [0.5, 0.6) is 0 Å². The monoisotopic (exact) mass is 375 g/mol. The summed E-state index contributed by atoms with van der Waals surface area (Å²) in [7, 11) is 1.57. The van der Waals surface area contributed by atoms with Crippen LogP contribution in [0, 0.1) is 25.2 Å². The van der Waals surface area contributed by atoms with Gasteiger partial charge in [0, 0.05) is 23.5 Å². The molecule has 7 heteroatoms. The van der Waals surface area contributed by atoms with Crippen LogP contribution in [0.1, 0.15) is 22.4 Å². The first-order valence-corrected chi connectivity index (χ1v) is 8.89. The van der Waals surface area contributed by atoms with Crippen molar-refractivity contribution in [2.45, 2.75) is 25.5 Å². The molecular weight excluding hydrogens is 358 g/mol. The Morgan fingerprint density at radius 2 is 2.16 bits per heavy atom. The smallest absolute Gasteiger partial charge is 0.234 e. The summed E-state index contributed by atoms with van der Waals surface area (Å²) in [6, 6.07) is 9.30. The molecule has 2 aromatic rings. The number of nitrogens with one attached hydrogen (secondary N) is 1. The molecule has 5 nitrogen and oxygen atoms in total. The van der Waals surface area contributed by atoms with Crippen LogP contribution in [0.4, 0.5) is 5.69 Å². The minimum atomic E-state index is -0.184. The van der Waals surface area contributed by atoms with Gasteiger partial charge in [-0.25, -0.2) is 4.98 Å². The highest BCUT2D eigenvalue weighted by Crippen LogP contribution is 2.25. The number of aromatic nitrogens is 1. The molecule has 0 spiro atoms. The molecule has 0 fully saturated rings. The number of rotatable bonds is 6. The van der Waals surface area contributed by atoms with Crippen molar-refractivity contribution in [3.8, 4) is 6.07 Å². The first kappa shape index (κ1) is 19.3. The largest absolute Gasteiger partial charge is 0.380 e. The van der Waals surface area contributed by atoms with E-state index >= 15 is 0 Å². The molecule has 0 aliphatic carbocycles. The van der Waals surface area contributed by atoms with Crippen molar-refractivity contribution in [2.24, 2.45) is 0 Å². The molecule has 0 atom stereocenters. The predicted octanol–water partition coefficient (Wildman–Crippen LogP) is 4.10. The Morgan fingerprint density at radius 1 is 1.40 bits per heavy atom. The normalized spacial score (nSPS) is 10.4. The Balaban J connectivity index is 2.11. The summed E-state index contributed by atoms with van der Waals surface area (Å²) in [6.07, 6.45) is 0. The van der Waals surface area contributed by atoms with E-state index in [-0.39, 0.29) is 11.7 Å². The third-order valence-electron chi connectivity index (χ3n) is 3.42. The van der Waals surface area contributed by atoms with Crippen LogP contribution < -0.4 is 5.32 Å². The lowest BCUT2D eigenvalue weighted by Gasteiger charge is -2.11. The molecule has 1 aromatic carbocycles. The van der Waals surface area contributed by atoms with E-state index in [0.717, 1.165) is 16.8 Å². The molecule has 0 aliphatic heterocycles. The van der Waals surface area contributed by atoms with Crippen molar-refractivity contribution in [1.82, 2.24) is 4.98 Å². The van der Waals surface area contributed by atoms with E-state index in [0.29, 0.717) is 27.9 Å². The number of halogens is 1. The summed E-state index contributed by atoms with van der Waals surface area (Å²) in [5, 5.41) is 13.3. The maximum absolute atomic E-state index is 12.2. The molecule has 0 radical (unpaired) electrons. The van der Waals surface area contributed by atoms with Gasteiger partial charge >= 0.3 is 0 Å². The van der Waals surface area contributed by atoms with Crippen LogP contribution in [0.3, 0.4) is 0 Å². The fourth-order valence-corrected chi connectivity index (χ4v) is 3.29. The summed E-state index contributed by atoms with van der Waals surface area (Å²) in [5.74, 6) is -0.0420. The van der Waals surface area contributed by atoms with E-state index in [1.807, 2.05) is 26.0 Å². The van der Waals surface area contributed by atoms with Gasteiger partial charge in [-0.15, -0.1) is 0 Å². The van der Waals surface area contributed by atoms with Gasteiger partial charge in [-0.3, -0.25) is 4.79 Å². The highest BCUT2D eigenvalue weighted by atomic mass is 35.5. The lowest BCUT2D eigenvalue weighted by molar-refractivity contribution is -0.113. The van der Waals surface area contributed by atoms with Crippen LogP contribution in [-0.2, 0) is 16.1 Å². The average Bonchev–Trinajstić information content (AvgIpc) is 2.56. The number of benzene rings is 1. The topological polar surface area (TPSA) is 75.0 Å². The van der Waals surface area contributed by atoms with E-state index in [1.54, 1.807) is 19.2 Å². The molecule has 1 heterocycles. The molecule has 2 rings (SSSR count). The average molecular weight is 376 g/mol. The van der Waals surface area contributed by atoms with Crippen molar-refractivity contribution < 1.29 is 9.53 Å². The zero-order valence-electron chi connectivity index (χ0n) is 14.2. The molecule has 130 valence electrons. The first-order chi connectivity index (χ1) is 11.9. The molecule has 1 amide bonds. The Bertz CT molecular complexity index is 834. The molecule has 25 heavy (non-hydrogen) atoms. The third-order valence-corrected chi connectivity index (χ3v) is 4.63. The van der Waals surface area contributed by atoms with E-state index in [2.05, 4.69) is 16.4 Å². The molecule has 0 saturated heterocycles. The number of nitrogens with zero attached hydrogens (tertiary/aromatic N) is 2. The fraction of sp³-hybridized carbons (Fsp3) is 0.278. The fourth-order valence-electron chi connectivity index (χ4n) is 2.25. The summed E-state index contributed by atoms with van der Waals surface area (Å²) in [6.45, 7) is 4.07. The van der Waals surface area contributed by atoms with Gasteiger partial charge in [0.2, 0.25) is 5.91 Å². The zero-order valence-corrected chi connectivity index (χ0v) is 15.8. The number of thioether (sulfide) groups is 1. The number of pyridine rings is 1. The first-order valence-electron chi connectivity index (χ1n) is 7.53. The molecule has 1 N–H and O–H groups in total. The number of ether oxygens (including phenoxy) is 1. The van der Waals surface area contributed by atoms with Crippen LogP contribution >= 0.6 is 23.4 Å². The van der Waals surface area contributed by atoms with Gasteiger partial charge in [-0.1, -0.05) is 29.4 Å². The van der Waals surface area contributed by atoms with Gasteiger partial charge < -0.3 is 10.1 Å². The van der Waals surface area contributed by atoms with E-state index in [9.17, 15) is 10.1 Å². The lowest BCUT2D eigenvalue weighted by Crippen LogP contribution is -2.15. The summed E-state index contributed by atoms with van der Waals surface area (Å²) in [4.78, 5) is 16.6. The molecule has 0 bridgehead atoms. The number of methoxy groups -OCH3 is 1. The van der Waals surface area contributed by atoms with Gasteiger partial charge in [-0.05, 0) is 43.2 Å². The van der Waals surface area contributed by atoms with Crippen molar-refractivity contribution in [2.75, 3.05) is 18.2 Å². The van der Waals surface area contributed by atoms with Crippen LogP contribution in [0.15, 0.2) is 29.3 Å². The molecule has 0 aliphatic rings. The summed E-state index contributed by atoms with van der Waals surface area (Å²) < 4.78 is 5.13. The Labute approximate surface area is 156 Å². The summed E-state index contributed by atoms with van der Waals surface area (Å²) >= 11 is 7.19. The predicted molar refractivity (Wildman–Crippen MR) is 99.9 cm³/mol. The second kappa shape index (κ2) is 8.86. The number of carbonyl (C=O) groups is 1. The molecule has 1 aromatic heterocycles. The van der Waals surface area contributed by atoms with E-state index in [4.69, 9.17) is 16.3 Å². The number of amides is 1. The quantitative estimate of drug-likeness (QED) is 0.769. The van der Waals surface area contributed by atoms with Crippen LogP contribution in [-0.4, -0.2) is 23.8 Å². The third kappa shape index (κ3) is 5.20. The van der Waals surface area contributed by atoms with Gasteiger partial charge in [-0.2, -0.15) is 5.26 Å². The highest BCUT2D eigenvalue weighted by Gasteiger charge is 2.14. The maximum atomic E-state index is 12.2. The molecular formula is C18H18ClN3O2S. The van der Waals surface area contributed by atoms with E-state index < -0.39 is 0 Å². The Morgan fingerprint density at radius 3 is 2.84 bits per heavy atom. The highest BCUT2D eigenvalue weighted by molar-refractivity contribution is 8.00. The van der Waals surface area contributed by atoms with Gasteiger partial charge in [0.05, 0.1) is 17.9 Å². The Kier molecular flexibility index (Phi) is 6.82. The number of anilines is 1. The minimum absolute atomic E-state index is 0.142. The van der Waals surface area contributed by atoms with Gasteiger partial charge in [0.15, 0.2) is 0 Å². The summed E-state index contributed by atoms with van der Waals surface area (Å²) in [5.41, 5.74) is 3.60. The number of hydrogen-bond acceptors (Lipinski definition) is 5. The maximum Gasteiger partial charge on any atom is 0.234 e. The van der Waals surface area contributed by atoms with Crippen molar-refractivity contribution in [3.63, 3.8) is 0 Å². The van der Waals surface area contributed by atoms with Gasteiger partial charge in [0.25, 0.3) is 0 Å². The number of carbonyl (C=O) groups excluding carboxylic acids is 1. The van der Waals surface area contributed by atoms with E-state index in [1.165, 1.54) is 11.8 Å². The number of aryl methyl sites for hydroxylation is 2. The number of hydrogen-bond donors (Lipinski definition) is 1. The van der Waals surface area contributed by atoms with Gasteiger partial charge in [0.1, 0.15) is 11.1 Å². The second-order valence-electron chi connectivity index (χ2n) is 5.44. The van der Waals surface area contributed by atoms with Crippen molar-refractivity contribution in [3.05, 3.63) is 51.7 Å². The van der Waals surface area contributed by atoms with Crippen molar-refractivity contribution >= 4 is 35.0 Å². The SMILES string of the molecule is COCc1cc(C)nc(SCC(=O)Nc2cc(Cl)ccc2C)c1C#N. The second-order valence-corrected chi connectivity index (χ2v) is 6.84. The standard InChI is InChI=1S/C18H18ClN3O2S/c1-11-4-5-14(19)7-16(11)22-17(23)10-25-18-15(8-20)13(9-24-3)6-12(2)21-18/h4-7H,9-10H2,1-3H3,(H,22,23). The van der Waals surface area contributed by atoms with Crippen LogP contribution in [0.25, 0.3) is 0 Å². The minimum Gasteiger partial charge on any atom is -0.380 e. The lowest BCUT2D eigenvalue weighted by atomic mass is 10.1.